The Hall–Kier alpha value is -3.28. The topological polar surface area (TPSA) is 59.4 Å². The Kier molecular flexibility index (Phi) is 6.10. The van der Waals surface area contributed by atoms with Gasteiger partial charge in [0.1, 0.15) is 11.9 Å². The van der Waals surface area contributed by atoms with E-state index in [1.165, 1.54) is 5.56 Å². The molecule has 2 amide bonds. The molecular formula is C23H26N4O2. The van der Waals surface area contributed by atoms with Crippen LogP contribution in [0.5, 0.6) is 5.75 Å². The summed E-state index contributed by atoms with van der Waals surface area (Å²) in [5.41, 5.74) is 2.22. The van der Waals surface area contributed by atoms with E-state index in [1.54, 1.807) is 6.20 Å². The predicted molar refractivity (Wildman–Crippen MR) is 112 cm³/mol. The number of ether oxygens (including phenoxy) is 1. The Morgan fingerprint density at radius 1 is 1.03 bits per heavy atom. The van der Waals surface area contributed by atoms with Gasteiger partial charge in [0.2, 0.25) is 0 Å². The van der Waals surface area contributed by atoms with Crippen molar-refractivity contribution in [1.82, 2.24) is 20.0 Å². The summed E-state index contributed by atoms with van der Waals surface area (Å²) in [6.07, 6.45) is 6.38. The van der Waals surface area contributed by atoms with E-state index in [4.69, 9.17) is 4.74 Å². The molecule has 0 atom stereocenters. The zero-order chi connectivity index (χ0) is 19.9. The van der Waals surface area contributed by atoms with Crippen molar-refractivity contribution in [3.63, 3.8) is 0 Å². The summed E-state index contributed by atoms with van der Waals surface area (Å²) in [6.45, 7) is 2.07. The third kappa shape index (κ3) is 5.16. The van der Waals surface area contributed by atoms with E-state index < -0.39 is 0 Å². The minimum Gasteiger partial charge on any atom is -0.490 e. The molecule has 0 bridgehead atoms. The monoisotopic (exact) mass is 390 g/mol. The van der Waals surface area contributed by atoms with Crippen LogP contribution in [0.3, 0.4) is 0 Å². The molecule has 1 N–H and O–H groups in total. The van der Waals surface area contributed by atoms with Gasteiger partial charge < -0.3 is 15.0 Å². The molecule has 0 radical (unpaired) electrons. The first-order chi connectivity index (χ1) is 14.3. The second-order valence-corrected chi connectivity index (χ2v) is 7.22. The summed E-state index contributed by atoms with van der Waals surface area (Å²) >= 11 is 0. The molecule has 3 aromatic rings. The lowest BCUT2D eigenvalue weighted by Crippen LogP contribution is -2.46. The maximum absolute atomic E-state index is 12.4. The largest absolute Gasteiger partial charge is 0.490 e. The fraction of sp³-hybridized carbons (Fsp3) is 0.304. The fourth-order valence-corrected chi connectivity index (χ4v) is 3.53. The van der Waals surface area contributed by atoms with E-state index in [0.717, 1.165) is 43.8 Å². The molecule has 150 valence electrons. The van der Waals surface area contributed by atoms with Crippen molar-refractivity contribution in [3.8, 4) is 11.4 Å². The number of amides is 2. The molecule has 1 aliphatic heterocycles. The van der Waals surface area contributed by atoms with Gasteiger partial charge >= 0.3 is 6.03 Å². The first kappa shape index (κ1) is 19.1. The molecular weight excluding hydrogens is 364 g/mol. The van der Waals surface area contributed by atoms with Crippen molar-refractivity contribution in [3.05, 3.63) is 78.6 Å². The van der Waals surface area contributed by atoms with Crippen LogP contribution < -0.4 is 10.1 Å². The number of para-hydroxylation sites is 1. The summed E-state index contributed by atoms with van der Waals surface area (Å²) in [6, 6.07) is 20.0. The molecule has 2 heterocycles. The van der Waals surface area contributed by atoms with Crippen LogP contribution in [0.2, 0.25) is 0 Å². The summed E-state index contributed by atoms with van der Waals surface area (Å²) in [5.74, 6) is 0.897. The Bertz CT molecular complexity index is 886. The second kappa shape index (κ2) is 9.28. The maximum atomic E-state index is 12.4. The van der Waals surface area contributed by atoms with Gasteiger partial charge in [0.15, 0.2) is 0 Å². The van der Waals surface area contributed by atoms with Gasteiger partial charge in [-0.25, -0.2) is 9.48 Å². The average molecular weight is 390 g/mol. The van der Waals surface area contributed by atoms with Crippen LogP contribution in [0, 0.1) is 0 Å². The molecule has 1 fully saturated rings. The third-order valence-electron chi connectivity index (χ3n) is 5.17. The van der Waals surface area contributed by atoms with Gasteiger partial charge in [0, 0.05) is 44.9 Å². The van der Waals surface area contributed by atoms with Crippen LogP contribution in [0.25, 0.3) is 5.69 Å². The van der Waals surface area contributed by atoms with Crippen LogP contribution in [0.15, 0.2) is 73.1 Å². The lowest BCUT2D eigenvalue weighted by atomic mass is 10.1. The zero-order valence-electron chi connectivity index (χ0n) is 16.4. The van der Waals surface area contributed by atoms with Crippen molar-refractivity contribution in [2.45, 2.75) is 25.4 Å². The van der Waals surface area contributed by atoms with Gasteiger partial charge in [-0.2, -0.15) is 5.10 Å². The molecule has 0 aliphatic carbocycles. The summed E-state index contributed by atoms with van der Waals surface area (Å²) in [5, 5.41) is 7.26. The second-order valence-electron chi connectivity index (χ2n) is 7.22. The van der Waals surface area contributed by atoms with Crippen molar-refractivity contribution >= 4 is 6.03 Å². The molecule has 6 heteroatoms. The van der Waals surface area contributed by atoms with Gasteiger partial charge in [-0.05, 0) is 42.3 Å². The van der Waals surface area contributed by atoms with Gasteiger partial charge in [-0.1, -0.05) is 30.3 Å². The lowest BCUT2D eigenvalue weighted by Gasteiger charge is -2.32. The number of hydrogen-bond acceptors (Lipinski definition) is 3. The van der Waals surface area contributed by atoms with Crippen molar-refractivity contribution in [2.24, 2.45) is 0 Å². The first-order valence-corrected chi connectivity index (χ1v) is 10.1. The van der Waals surface area contributed by atoms with Crippen LogP contribution >= 0.6 is 0 Å². The summed E-state index contributed by atoms with van der Waals surface area (Å²) < 4.78 is 7.82. The Balaban J connectivity index is 1.18. The highest BCUT2D eigenvalue weighted by atomic mass is 16.5. The van der Waals surface area contributed by atoms with Crippen LogP contribution in [0.4, 0.5) is 4.79 Å². The van der Waals surface area contributed by atoms with E-state index in [0.29, 0.717) is 6.54 Å². The van der Waals surface area contributed by atoms with E-state index in [1.807, 2.05) is 64.3 Å². The number of hydrogen-bond donors (Lipinski definition) is 1. The van der Waals surface area contributed by atoms with Crippen molar-refractivity contribution in [1.29, 1.82) is 0 Å². The Labute approximate surface area is 171 Å². The Morgan fingerprint density at radius 2 is 1.79 bits per heavy atom. The van der Waals surface area contributed by atoms with Gasteiger partial charge in [-0.15, -0.1) is 0 Å². The number of likely N-dealkylation sites (tertiary alicyclic amines) is 1. The highest BCUT2D eigenvalue weighted by Crippen LogP contribution is 2.18. The fourth-order valence-electron chi connectivity index (χ4n) is 3.53. The minimum absolute atomic E-state index is 0.0105. The van der Waals surface area contributed by atoms with Crippen LogP contribution in [0.1, 0.15) is 18.4 Å². The zero-order valence-corrected chi connectivity index (χ0v) is 16.4. The number of aromatic nitrogens is 2. The van der Waals surface area contributed by atoms with Crippen LogP contribution in [-0.2, 0) is 6.42 Å². The average Bonchev–Trinajstić information content (AvgIpc) is 3.30. The van der Waals surface area contributed by atoms with E-state index in [-0.39, 0.29) is 12.1 Å². The smallest absolute Gasteiger partial charge is 0.317 e. The summed E-state index contributed by atoms with van der Waals surface area (Å²) in [4.78, 5) is 14.3. The quantitative estimate of drug-likeness (QED) is 0.699. The van der Waals surface area contributed by atoms with Crippen molar-refractivity contribution < 1.29 is 9.53 Å². The number of benzene rings is 2. The number of rotatable bonds is 6. The molecule has 0 saturated carbocycles. The van der Waals surface area contributed by atoms with Gasteiger partial charge in [0.25, 0.3) is 0 Å². The number of piperidine rings is 1. The molecule has 1 saturated heterocycles. The molecule has 1 aromatic heterocycles. The molecule has 0 spiro atoms. The third-order valence-corrected chi connectivity index (χ3v) is 5.17. The maximum Gasteiger partial charge on any atom is 0.317 e. The SMILES string of the molecule is O=C(NCCc1ccc(-n2cccn2)cc1)N1CCC(Oc2ccccc2)CC1. The first-order valence-electron chi connectivity index (χ1n) is 10.1. The highest BCUT2D eigenvalue weighted by Gasteiger charge is 2.23. The highest BCUT2D eigenvalue weighted by molar-refractivity contribution is 5.74. The molecule has 29 heavy (non-hydrogen) atoms. The number of carbonyl (C=O) groups excluding carboxylic acids is 1. The summed E-state index contributed by atoms with van der Waals surface area (Å²) in [7, 11) is 0. The molecule has 0 unspecified atom stereocenters. The Morgan fingerprint density at radius 3 is 2.48 bits per heavy atom. The van der Waals surface area contributed by atoms with Crippen LogP contribution in [-0.4, -0.2) is 46.4 Å². The normalized spacial score (nSPS) is 14.6. The van der Waals surface area contributed by atoms with E-state index >= 15 is 0 Å². The molecule has 6 nitrogen and oxygen atoms in total. The van der Waals surface area contributed by atoms with Gasteiger partial charge in [-0.3, -0.25) is 0 Å². The lowest BCUT2D eigenvalue weighted by molar-refractivity contribution is 0.111. The number of nitrogens with one attached hydrogen (secondary N) is 1. The molecule has 2 aromatic carbocycles. The van der Waals surface area contributed by atoms with Gasteiger partial charge in [0.05, 0.1) is 5.69 Å². The number of carbonyl (C=O) groups is 1. The standard InChI is InChI=1S/C23H26N4O2/c28-23(26-17-12-22(13-18-26)29-21-5-2-1-3-6-21)24-15-11-19-7-9-20(10-8-19)27-16-4-14-25-27/h1-10,14,16,22H,11-13,15,17-18H2,(H,24,28). The van der Waals surface area contributed by atoms with E-state index in [2.05, 4.69) is 22.5 Å². The molecule has 1 aliphatic rings. The van der Waals surface area contributed by atoms with E-state index in [9.17, 15) is 4.79 Å². The van der Waals surface area contributed by atoms with Crippen molar-refractivity contribution in [2.75, 3.05) is 19.6 Å². The molecule has 4 rings (SSSR count). The minimum atomic E-state index is 0.0105. The number of nitrogens with zero attached hydrogens (tertiary/aromatic N) is 3. The predicted octanol–water partition coefficient (Wildman–Crippen LogP) is 3.67. The number of urea groups is 1.